The molecule has 3 rings (SSSR count). The number of nitrogens with zero attached hydrogens (tertiary/aromatic N) is 4. The van der Waals surface area contributed by atoms with Crippen molar-refractivity contribution in [2.45, 2.75) is 20.0 Å². The standard InChI is InChI=1S/C15H9Cl2F3N4O2S/c1-6(23-26-12(25)8-3-9(16)5-10(17)4-8)11-7(2)24-14(27-11)21-13(22-24)15(18,19)20/h3-5H,1-2H3/b23-6-. The largest absolute Gasteiger partial charge is 0.453 e. The Morgan fingerprint density at radius 2 is 1.89 bits per heavy atom. The van der Waals surface area contributed by atoms with Crippen LogP contribution in [0.1, 0.15) is 33.7 Å². The first-order valence-corrected chi connectivity index (χ1v) is 8.79. The van der Waals surface area contributed by atoms with E-state index < -0.39 is 18.0 Å². The van der Waals surface area contributed by atoms with Gasteiger partial charge < -0.3 is 4.84 Å². The molecule has 2 heterocycles. The van der Waals surface area contributed by atoms with E-state index in [1.165, 1.54) is 18.2 Å². The summed E-state index contributed by atoms with van der Waals surface area (Å²) >= 11 is 12.6. The van der Waals surface area contributed by atoms with Crippen molar-refractivity contribution >= 4 is 51.2 Å². The molecule has 0 unspecified atom stereocenters. The van der Waals surface area contributed by atoms with E-state index in [-0.39, 0.29) is 26.3 Å². The summed E-state index contributed by atoms with van der Waals surface area (Å²) in [5.41, 5.74) is 0.777. The number of hydrogen-bond donors (Lipinski definition) is 0. The molecular weight excluding hydrogens is 428 g/mol. The van der Waals surface area contributed by atoms with E-state index in [1.807, 2.05) is 0 Å². The molecule has 0 amide bonds. The lowest BCUT2D eigenvalue weighted by Crippen LogP contribution is -2.08. The van der Waals surface area contributed by atoms with E-state index in [2.05, 4.69) is 15.2 Å². The van der Waals surface area contributed by atoms with Gasteiger partial charge in [-0.15, -0.1) is 5.10 Å². The third kappa shape index (κ3) is 4.07. The Morgan fingerprint density at radius 1 is 1.26 bits per heavy atom. The molecule has 1 aromatic carbocycles. The summed E-state index contributed by atoms with van der Waals surface area (Å²) in [7, 11) is 0. The zero-order chi connectivity index (χ0) is 19.9. The number of alkyl halides is 3. The first-order valence-electron chi connectivity index (χ1n) is 7.22. The minimum absolute atomic E-state index is 0.0531. The average Bonchev–Trinajstić information content (AvgIpc) is 3.11. The summed E-state index contributed by atoms with van der Waals surface area (Å²) in [6, 6.07) is 4.20. The molecule has 0 spiro atoms. The number of aromatic nitrogens is 3. The Kier molecular flexibility index (Phi) is 5.15. The van der Waals surface area contributed by atoms with Crippen molar-refractivity contribution < 1.29 is 22.8 Å². The summed E-state index contributed by atoms with van der Waals surface area (Å²) < 4.78 is 39.1. The van der Waals surface area contributed by atoms with E-state index in [0.717, 1.165) is 15.9 Å². The average molecular weight is 437 g/mol. The van der Waals surface area contributed by atoms with Gasteiger partial charge in [0, 0.05) is 10.0 Å². The summed E-state index contributed by atoms with van der Waals surface area (Å²) in [4.78, 5) is 20.9. The van der Waals surface area contributed by atoms with E-state index in [0.29, 0.717) is 10.6 Å². The highest BCUT2D eigenvalue weighted by molar-refractivity contribution is 7.19. The van der Waals surface area contributed by atoms with Crippen LogP contribution >= 0.6 is 34.5 Å². The fourth-order valence-corrected chi connectivity index (χ4v) is 3.70. The van der Waals surface area contributed by atoms with Gasteiger partial charge in [-0.3, -0.25) is 0 Å². The number of hydrogen-bond acceptors (Lipinski definition) is 6. The first kappa shape index (κ1) is 19.6. The Balaban J connectivity index is 1.84. The van der Waals surface area contributed by atoms with Gasteiger partial charge in [0.25, 0.3) is 5.82 Å². The SMILES string of the molecule is C/C(=N/OC(=O)c1cc(Cl)cc(Cl)c1)c1sc2nc(C(F)(F)F)nn2c1C. The number of fused-ring (bicyclic) bond motifs is 1. The van der Waals surface area contributed by atoms with Crippen LogP contribution in [0.3, 0.4) is 0 Å². The highest BCUT2D eigenvalue weighted by Gasteiger charge is 2.37. The van der Waals surface area contributed by atoms with Gasteiger partial charge >= 0.3 is 12.1 Å². The normalized spacial score (nSPS) is 12.6. The molecule has 0 radical (unpaired) electrons. The van der Waals surface area contributed by atoms with Gasteiger partial charge in [0.2, 0.25) is 4.96 Å². The number of thiazole rings is 1. The van der Waals surface area contributed by atoms with Crippen LogP contribution in [0.5, 0.6) is 0 Å². The fourth-order valence-electron chi connectivity index (χ4n) is 2.18. The summed E-state index contributed by atoms with van der Waals surface area (Å²) in [6.07, 6.45) is -4.63. The van der Waals surface area contributed by atoms with E-state index in [9.17, 15) is 18.0 Å². The quantitative estimate of drug-likeness (QED) is 0.328. The van der Waals surface area contributed by atoms with Crippen molar-refractivity contribution in [2.24, 2.45) is 5.16 Å². The van der Waals surface area contributed by atoms with Crippen LogP contribution in [0.25, 0.3) is 4.96 Å². The predicted molar refractivity (Wildman–Crippen MR) is 94.7 cm³/mol. The highest BCUT2D eigenvalue weighted by Crippen LogP contribution is 2.30. The zero-order valence-electron chi connectivity index (χ0n) is 13.6. The molecule has 27 heavy (non-hydrogen) atoms. The monoisotopic (exact) mass is 436 g/mol. The Bertz CT molecular complexity index is 1050. The molecule has 142 valence electrons. The molecule has 0 atom stereocenters. The van der Waals surface area contributed by atoms with Gasteiger partial charge in [0.05, 0.1) is 21.8 Å². The third-order valence-corrected chi connectivity index (χ3v) is 5.04. The number of rotatable bonds is 3. The Morgan fingerprint density at radius 3 is 2.44 bits per heavy atom. The number of carbonyl (C=O) groups excluding carboxylic acids is 1. The van der Waals surface area contributed by atoms with Gasteiger partial charge in [-0.05, 0) is 32.0 Å². The number of aryl methyl sites for hydroxylation is 1. The van der Waals surface area contributed by atoms with Gasteiger partial charge in [0.1, 0.15) is 0 Å². The van der Waals surface area contributed by atoms with Crippen molar-refractivity contribution in [2.75, 3.05) is 0 Å². The lowest BCUT2D eigenvalue weighted by molar-refractivity contribution is -0.144. The van der Waals surface area contributed by atoms with Gasteiger partial charge in [-0.25, -0.2) is 9.31 Å². The molecule has 0 N–H and O–H groups in total. The molecule has 0 saturated carbocycles. The smallest absolute Gasteiger partial charge is 0.313 e. The minimum atomic E-state index is -4.63. The van der Waals surface area contributed by atoms with Gasteiger partial charge in [-0.1, -0.05) is 39.7 Å². The maximum absolute atomic E-state index is 12.7. The second kappa shape index (κ2) is 7.10. The van der Waals surface area contributed by atoms with Crippen molar-refractivity contribution in [1.29, 1.82) is 0 Å². The molecule has 2 aromatic heterocycles. The van der Waals surface area contributed by atoms with Crippen LogP contribution in [0, 0.1) is 6.92 Å². The molecule has 0 saturated heterocycles. The van der Waals surface area contributed by atoms with Crippen molar-refractivity contribution in [3.05, 3.63) is 50.2 Å². The van der Waals surface area contributed by atoms with Crippen LogP contribution in [-0.4, -0.2) is 26.3 Å². The fraction of sp³-hybridized carbons (Fsp3) is 0.200. The van der Waals surface area contributed by atoms with Gasteiger partial charge in [0.15, 0.2) is 0 Å². The van der Waals surface area contributed by atoms with Gasteiger partial charge in [-0.2, -0.15) is 18.2 Å². The lowest BCUT2D eigenvalue weighted by atomic mass is 10.2. The van der Waals surface area contributed by atoms with Crippen LogP contribution in [-0.2, 0) is 11.0 Å². The second-order valence-corrected chi connectivity index (χ2v) is 7.21. The highest BCUT2D eigenvalue weighted by atomic mass is 35.5. The maximum Gasteiger partial charge on any atom is 0.453 e. The van der Waals surface area contributed by atoms with Crippen LogP contribution in [0.2, 0.25) is 10.0 Å². The maximum atomic E-state index is 12.7. The summed E-state index contributed by atoms with van der Waals surface area (Å²) in [5, 5.41) is 7.71. The van der Waals surface area contributed by atoms with Crippen molar-refractivity contribution in [3.8, 4) is 0 Å². The zero-order valence-corrected chi connectivity index (χ0v) is 16.0. The molecule has 0 aliphatic rings. The van der Waals surface area contributed by atoms with Crippen LogP contribution < -0.4 is 0 Å². The lowest BCUT2D eigenvalue weighted by Gasteiger charge is -2.02. The molecule has 0 fully saturated rings. The van der Waals surface area contributed by atoms with E-state index >= 15 is 0 Å². The van der Waals surface area contributed by atoms with E-state index in [4.69, 9.17) is 28.0 Å². The molecule has 0 bridgehead atoms. The molecular formula is C15H9Cl2F3N4O2S. The molecule has 0 aliphatic carbocycles. The number of carbonyl (C=O) groups is 1. The topological polar surface area (TPSA) is 68.8 Å². The minimum Gasteiger partial charge on any atom is -0.313 e. The summed E-state index contributed by atoms with van der Waals surface area (Å²) in [5.74, 6) is -2.00. The molecule has 12 heteroatoms. The molecule has 6 nitrogen and oxygen atoms in total. The third-order valence-electron chi connectivity index (χ3n) is 3.36. The first-order chi connectivity index (χ1) is 12.6. The van der Waals surface area contributed by atoms with Crippen LogP contribution in [0.15, 0.2) is 23.4 Å². The number of halogens is 5. The van der Waals surface area contributed by atoms with Crippen molar-refractivity contribution in [3.63, 3.8) is 0 Å². The predicted octanol–water partition coefficient (Wildman–Crippen LogP) is 5.01. The Labute approximate surface area is 164 Å². The second-order valence-electron chi connectivity index (χ2n) is 5.36. The van der Waals surface area contributed by atoms with E-state index in [1.54, 1.807) is 13.8 Å². The molecule has 3 aromatic rings. The Hall–Kier alpha value is -2.17. The van der Waals surface area contributed by atoms with Crippen molar-refractivity contribution in [1.82, 2.24) is 14.6 Å². The van der Waals surface area contributed by atoms with Crippen LogP contribution in [0.4, 0.5) is 13.2 Å². The number of oxime groups is 1. The molecule has 0 aliphatic heterocycles. The summed E-state index contributed by atoms with van der Waals surface area (Å²) in [6.45, 7) is 3.10. The number of benzene rings is 1.